The van der Waals surface area contributed by atoms with Crippen molar-refractivity contribution in [2.45, 2.75) is 204 Å². The van der Waals surface area contributed by atoms with Gasteiger partial charge in [-0.2, -0.15) is 0 Å². The third-order valence-corrected chi connectivity index (χ3v) is 13.4. The maximum absolute atomic E-state index is 13.9. The van der Waals surface area contributed by atoms with Gasteiger partial charge in [-0.05, 0) is 90.0 Å². The molecule has 1 heterocycles. The number of rotatable bonds is 41. The second-order valence-corrected chi connectivity index (χ2v) is 21.6. The Bertz CT molecular complexity index is 2500. The summed E-state index contributed by atoms with van der Waals surface area (Å²) in [5.74, 6) is -22.0. The van der Waals surface area contributed by atoms with Crippen LogP contribution in [-0.2, 0) is 76.7 Å². The molecule has 0 saturated carbocycles. The van der Waals surface area contributed by atoms with E-state index in [1.165, 1.54) is 20.8 Å². The molecule has 0 aromatic carbocycles. The molecule has 0 aliphatic carbocycles. The van der Waals surface area contributed by atoms with Crippen LogP contribution in [0.25, 0.3) is 0 Å². The van der Waals surface area contributed by atoms with Crippen molar-refractivity contribution in [3.8, 4) is 0 Å². The predicted molar refractivity (Wildman–Crippen MR) is 297 cm³/mol. The molecule has 1 aliphatic rings. The van der Waals surface area contributed by atoms with Crippen LogP contribution in [-0.4, -0.2) is 221 Å². The number of aliphatic hydroxyl groups excluding tert-OH is 1. The molecule has 0 aromatic rings. The van der Waals surface area contributed by atoms with E-state index in [1.807, 2.05) is 5.32 Å². The number of carboxylic acids is 6. The van der Waals surface area contributed by atoms with E-state index >= 15 is 0 Å². The predicted octanol–water partition coefficient (Wildman–Crippen LogP) is -5.47. The van der Waals surface area contributed by atoms with Crippen LogP contribution in [0.2, 0.25) is 0 Å². The monoisotopic (exact) mass is 1240 g/mol. The summed E-state index contributed by atoms with van der Waals surface area (Å²) in [6, 6.07) is -18.5. The number of nitrogens with zero attached hydrogens (tertiary/aromatic N) is 1. The molecule has 20 N–H and O–H groups in total. The molecule has 12 atom stereocenters. The Labute approximate surface area is 499 Å². The van der Waals surface area contributed by atoms with Gasteiger partial charge < -0.3 is 100.0 Å². The van der Waals surface area contributed by atoms with Crippen molar-refractivity contribution in [3.63, 3.8) is 0 Å². The lowest BCUT2D eigenvalue weighted by Gasteiger charge is -2.30. The third kappa shape index (κ3) is 28.0. The Morgan fingerprint density at radius 1 is 0.471 bits per heavy atom. The van der Waals surface area contributed by atoms with Gasteiger partial charge in [0.1, 0.15) is 66.5 Å². The van der Waals surface area contributed by atoms with Gasteiger partial charge in [0, 0.05) is 25.8 Å². The second-order valence-electron chi connectivity index (χ2n) is 21.6. The van der Waals surface area contributed by atoms with Gasteiger partial charge in [-0.3, -0.25) is 71.9 Å². The largest absolute Gasteiger partial charge is 0.481 e. The lowest BCUT2D eigenvalue weighted by atomic mass is 10.0. The fourth-order valence-electron chi connectivity index (χ4n) is 8.62. The number of hydrogen-bond donors (Lipinski definition) is 18. The third-order valence-electron chi connectivity index (χ3n) is 13.4. The van der Waals surface area contributed by atoms with Gasteiger partial charge in [0.2, 0.25) is 59.1 Å². The molecule has 1 aliphatic heterocycles. The van der Waals surface area contributed by atoms with Gasteiger partial charge in [0.25, 0.3) is 0 Å². The lowest BCUT2D eigenvalue weighted by Crippen LogP contribution is -2.61. The summed E-state index contributed by atoms with van der Waals surface area (Å²) in [6.07, 6.45) is -6.93. The Morgan fingerprint density at radius 2 is 0.874 bits per heavy atom. The molecule has 1 saturated heterocycles. The van der Waals surface area contributed by atoms with Gasteiger partial charge in [0.05, 0.1) is 18.9 Å². The fourth-order valence-corrected chi connectivity index (χ4v) is 8.62. The zero-order valence-electron chi connectivity index (χ0n) is 49.2. The minimum Gasteiger partial charge on any atom is -0.481 e. The molecule has 1 fully saturated rings. The SMILES string of the molecule is CC(C)C[C@H](NC(=O)[C@H](C)NC(=O)[C@H](CCC(=O)O)NC(=O)[C@H](CC(=O)O)NC(=O)[C@H](CC(=O)O)NC(=O)[C@@H](NC(=O)[C@H](CCC(=O)O)NC(=O)[C@@H]1CCCN1C(=O)[C@@H](N)[C@@H](C)O)C(C)C)C(=O)N[C@@H](CCC(=O)O)C(=O)N[C@@H](CCCCN)C(=O)O. The minimum atomic E-state index is -2.22. The first-order valence-electron chi connectivity index (χ1n) is 28.0. The molecule has 0 bridgehead atoms. The van der Waals surface area contributed by atoms with Crippen molar-refractivity contribution in [3.05, 3.63) is 0 Å². The van der Waals surface area contributed by atoms with Crippen molar-refractivity contribution < 1.29 is 112 Å². The quantitative estimate of drug-likeness (QED) is 0.0254. The number of carbonyl (C=O) groups excluding carboxylic acids is 10. The van der Waals surface area contributed by atoms with Crippen LogP contribution >= 0.6 is 0 Å². The van der Waals surface area contributed by atoms with Crippen LogP contribution in [0.1, 0.15) is 131 Å². The van der Waals surface area contributed by atoms with Crippen molar-refractivity contribution >= 4 is 94.9 Å². The highest BCUT2D eigenvalue weighted by molar-refractivity contribution is 6.00. The van der Waals surface area contributed by atoms with Crippen LogP contribution < -0.4 is 59.3 Å². The first-order valence-corrected chi connectivity index (χ1v) is 28.0. The standard InChI is InChI=1S/C52H84N12O23/c1-23(2)20-31(46(80)57-28(13-16-36(68)69)44(78)59-30(52(86)87)10-7-8-18-53)60-42(76)25(5)55-43(77)27(12-15-35(66)67)56-47(81)32(21-38(72)73)61-48(82)33(22-39(74)75)62-50(84)41(24(3)4)63-45(79)29(14-17-37(70)71)58-49(83)34-11-9-19-64(34)51(85)40(54)26(6)65/h23-34,40-41,65H,7-22,53-54H2,1-6H3,(H,55,77)(H,56,81)(H,57,80)(H,58,83)(H,59,78)(H,60,76)(H,61,82)(H,62,84)(H,63,79)(H,66,67)(H,68,69)(H,70,71)(H,72,73)(H,74,75)(H,86,87)/t25-,26+,27-,28-,29-,30-,31-,32-,33-,34-,40-,41-/m0/s1. The number of unbranched alkanes of at least 4 members (excludes halogenated alkanes) is 1. The Kier molecular flexibility index (Phi) is 33.2. The molecule has 35 heteroatoms. The average molecular weight is 1250 g/mol. The van der Waals surface area contributed by atoms with Crippen LogP contribution in [0.15, 0.2) is 0 Å². The Morgan fingerprint density at radius 3 is 1.30 bits per heavy atom. The molecule has 0 spiro atoms. The summed E-state index contributed by atoms with van der Waals surface area (Å²) in [5, 5.41) is 87.4. The van der Waals surface area contributed by atoms with Crippen molar-refractivity contribution in [1.29, 1.82) is 0 Å². The molecule has 490 valence electrons. The number of nitrogens with two attached hydrogens (primary N) is 2. The number of hydrogen-bond acceptors (Lipinski definition) is 19. The number of carbonyl (C=O) groups is 16. The first-order chi connectivity index (χ1) is 40.5. The molecule has 1 rings (SSSR count). The van der Waals surface area contributed by atoms with Gasteiger partial charge in [0.15, 0.2) is 0 Å². The number of aliphatic hydroxyl groups is 1. The number of aliphatic carboxylic acids is 6. The topological polar surface area (TPSA) is 578 Å². The molecule has 0 aromatic heterocycles. The van der Waals surface area contributed by atoms with E-state index < -0.39 is 225 Å². The van der Waals surface area contributed by atoms with E-state index in [1.54, 1.807) is 13.8 Å². The number of likely N-dealkylation sites (tertiary alicyclic amines) is 1. The number of carboxylic acid groups (broad SMARTS) is 6. The molecular weight excluding hydrogens is 1160 g/mol. The normalized spacial score (nSPS) is 16.7. The summed E-state index contributed by atoms with van der Waals surface area (Å²) in [7, 11) is 0. The van der Waals surface area contributed by atoms with Gasteiger partial charge in [-0.1, -0.05) is 27.7 Å². The molecule has 35 nitrogen and oxygen atoms in total. The molecule has 0 radical (unpaired) electrons. The van der Waals surface area contributed by atoms with E-state index in [-0.39, 0.29) is 38.3 Å². The summed E-state index contributed by atoms with van der Waals surface area (Å²) in [4.78, 5) is 208. The zero-order chi connectivity index (χ0) is 66.6. The molecule has 0 unspecified atom stereocenters. The highest BCUT2D eigenvalue weighted by atomic mass is 16.4. The average Bonchev–Trinajstić information content (AvgIpc) is 2.61. The van der Waals surface area contributed by atoms with Gasteiger partial charge >= 0.3 is 35.8 Å². The lowest BCUT2D eigenvalue weighted by molar-refractivity contribution is -0.144. The minimum absolute atomic E-state index is 0.0527. The second kappa shape index (κ2) is 37.7. The molecule has 10 amide bonds. The summed E-state index contributed by atoms with van der Waals surface area (Å²) >= 11 is 0. The number of amides is 10. The summed E-state index contributed by atoms with van der Waals surface area (Å²) < 4.78 is 0. The van der Waals surface area contributed by atoms with E-state index in [4.69, 9.17) is 11.5 Å². The Balaban J connectivity index is 3.43. The first kappa shape index (κ1) is 76.4. The maximum Gasteiger partial charge on any atom is 0.326 e. The fraction of sp³-hybridized carbons (Fsp3) is 0.692. The number of nitrogens with one attached hydrogen (secondary N) is 9. The smallest absolute Gasteiger partial charge is 0.326 e. The summed E-state index contributed by atoms with van der Waals surface area (Å²) in [6.45, 7) is 8.69. The van der Waals surface area contributed by atoms with Gasteiger partial charge in [-0.25, -0.2) is 4.79 Å². The van der Waals surface area contributed by atoms with Crippen LogP contribution in [0.3, 0.4) is 0 Å². The van der Waals surface area contributed by atoms with Crippen LogP contribution in [0.5, 0.6) is 0 Å². The van der Waals surface area contributed by atoms with E-state index in [9.17, 15) is 112 Å². The molecular formula is C52H84N12O23. The van der Waals surface area contributed by atoms with E-state index in [0.717, 1.165) is 11.8 Å². The summed E-state index contributed by atoms with van der Waals surface area (Å²) in [5.41, 5.74) is 11.3. The highest BCUT2D eigenvalue weighted by Crippen LogP contribution is 2.20. The van der Waals surface area contributed by atoms with Gasteiger partial charge in [-0.15, -0.1) is 0 Å². The van der Waals surface area contributed by atoms with Crippen molar-refractivity contribution in [1.82, 2.24) is 52.8 Å². The zero-order valence-corrected chi connectivity index (χ0v) is 49.2. The Hall–Kier alpha value is -8.60. The van der Waals surface area contributed by atoms with Crippen LogP contribution in [0.4, 0.5) is 0 Å². The van der Waals surface area contributed by atoms with Crippen LogP contribution in [0, 0.1) is 11.8 Å². The van der Waals surface area contributed by atoms with Crippen molar-refractivity contribution in [2.24, 2.45) is 23.3 Å². The van der Waals surface area contributed by atoms with E-state index in [2.05, 4.69) is 42.5 Å². The van der Waals surface area contributed by atoms with Crippen molar-refractivity contribution in [2.75, 3.05) is 13.1 Å². The molecule has 87 heavy (non-hydrogen) atoms. The highest BCUT2D eigenvalue weighted by Gasteiger charge is 2.41. The maximum atomic E-state index is 13.9. The van der Waals surface area contributed by atoms with E-state index in [0.29, 0.717) is 19.3 Å².